The molecular formula is C20H20N2O3S. The fourth-order valence-electron chi connectivity index (χ4n) is 3.02. The minimum absolute atomic E-state index is 0.0384. The Balaban J connectivity index is 1.73. The highest BCUT2D eigenvalue weighted by atomic mass is 32.2. The van der Waals surface area contributed by atoms with Crippen molar-refractivity contribution in [2.75, 3.05) is 4.72 Å². The maximum absolute atomic E-state index is 12.7. The van der Waals surface area contributed by atoms with E-state index in [1.165, 1.54) is 0 Å². The normalized spacial score (nSPS) is 15.6. The molecule has 1 fully saturated rings. The van der Waals surface area contributed by atoms with E-state index in [0.717, 1.165) is 18.4 Å². The Morgan fingerprint density at radius 2 is 1.81 bits per heavy atom. The Morgan fingerprint density at radius 1 is 1.04 bits per heavy atom. The molecule has 1 heterocycles. The van der Waals surface area contributed by atoms with Crippen LogP contribution < -0.4 is 10.5 Å². The molecule has 1 atom stereocenters. The van der Waals surface area contributed by atoms with Crippen LogP contribution in [0.3, 0.4) is 0 Å². The SMILES string of the molecule is NC(c1ccc(NS(=O)(=O)c2ccccc2)c(-c2ccco2)c1)C1CC1. The first-order valence-electron chi connectivity index (χ1n) is 8.56. The number of hydrogen-bond acceptors (Lipinski definition) is 4. The Morgan fingerprint density at radius 3 is 2.46 bits per heavy atom. The van der Waals surface area contributed by atoms with E-state index in [1.807, 2.05) is 18.2 Å². The number of nitrogens with one attached hydrogen (secondary N) is 1. The number of nitrogens with two attached hydrogens (primary N) is 1. The lowest BCUT2D eigenvalue weighted by Crippen LogP contribution is -2.15. The maximum atomic E-state index is 12.7. The fourth-order valence-corrected chi connectivity index (χ4v) is 4.13. The molecule has 3 aromatic rings. The highest BCUT2D eigenvalue weighted by Gasteiger charge is 2.30. The minimum atomic E-state index is -3.69. The lowest BCUT2D eigenvalue weighted by Gasteiger charge is -2.16. The summed E-state index contributed by atoms with van der Waals surface area (Å²) >= 11 is 0. The van der Waals surface area contributed by atoms with Crippen molar-refractivity contribution in [1.82, 2.24) is 0 Å². The zero-order valence-electron chi connectivity index (χ0n) is 14.1. The lowest BCUT2D eigenvalue weighted by molar-refractivity contribution is 0.582. The van der Waals surface area contributed by atoms with E-state index >= 15 is 0 Å². The van der Waals surface area contributed by atoms with Gasteiger partial charge in [0.25, 0.3) is 10.0 Å². The summed E-state index contributed by atoms with van der Waals surface area (Å²) in [6, 6.07) is 17.4. The van der Waals surface area contributed by atoms with Gasteiger partial charge < -0.3 is 10.2 Å². The average molecular weight is 368 g/mol. The monoisotopic (exact) mass is 368 g/mol. The summed E-state index contributed by atoms with van der Waals surface area (Å²) in [6.45, 7) is 0. The first-order chi connectivity index (χ1) is 12.5. The van der Waals surface area contributed by atoms with Crippen LogP contribution in [0.25, 0.3) is 11.3 Å². The van der Waals surface area contributed by atoms with Gasteiger partial charge in [-0.3, -0.25) is 4.72 Å². The molecule has 0 spiro atoms. The molecule has 1 unspecified atom stereocenters. The molecule has 0 radical (unpaired) electrons. The largest absolute Gasteiger partial charge is 0.464 e. The molecule has 26 heavy (non-hydrogen) atoms. The lowest BCUT2D eigenvalue weighted by atomic mass is 9.99. The first kappa shape index (κ1) is 16.9. The van der Waals surface area contributed by atoms with Gasteiger partial charge in [0, 0.05) is 11.6 Å². The van der Waals surface area contributed by atoms with Crippen LogP contribution in [0.4, 0.5) is 5.69 Å². The van der Waals surface area contributed by atoms with Gasteiger partial charge in [0.2, 0.25) is 0 Å². The molecule has 1 aliphatic carbocycles. The van der Waals surface area contributed by atoms with Crippen LogP contribution in [0.5, 0.6) is 0 Å². The van der Waals surface area contributed by atoms with Gasteiger partial charge in [-0.2, -0.15) is 0 Å². The van der Waals surface area contributed by atoms with Crippen LogP contribution in [-0.4, -0.2) is 8.42 Å². The molecule has 1 aromatic heterocycles. The quantitative estimate of drug-likeness (QED) is 0.684. The second-order valence-corrected chi connectivity index (χ2v) is 8.25. The van der Waals surface area contributed by atoms with Gasteiger partial charge in [0.15, 0.2) is 0 Å². The molecule has 3 N–H and O–H groups in total. The predicted octanol–water partition coefficient (Wildman–Crippen LogP) is 4.16. The average Bonchev–Trinajstić information content (AvgIpc) is 3.36. The summed E-state index contributed by atoms with van der Waals surface area (Å²) in [7, 11) is -3.69. The molecule has 1 saturated carbocycles. The maximum Gasteiger partial charge on any atom is 0.261 e. The Bertz CT molecular complexity index is 995. The number of benzene rings is 2. The molecule has 0 bridgehead atoms. The number of furan rings is 1. The van der Waals surface area contributed by atoms with Crippen LogP contribution in [-0.2, 0) is 10.0 Å². The van der Waals surface area contributed by atoms with Crippen molar-refractivity contribution in [3.63, 3.8) is 0 Å². The van der Waals surface area contributed by atoms with Gasteiger partial charge >= 0.3 is 0 Å². The second-order valence-electron chi connectivity index (χ2n) is 6.56. The molecule has 6 heteroatoms. The summed E-state index contributed by atoms with van der Waals surface area (Å²) < 4.78 is 33.6. The molecule has 2 aromatic carbocycles. The third kappa shape index (κ3) is 3.38. The third-order valence-corrected chi connectivity index (χ3v) is 6.02. The molecule has 5 nitrogen and oxygen atoms in total. The minimum Gasteiger partial charge on any atom is -0.464 e. The van der Waals surface area contributed by atoms with Crippen LogP contribution in [0.2, 0.25) is 0 Å². The van der Waals surface area contributed by atoms with Crippen LogP contribution in [0.15, 0.2) is 76.2 Å². The third-order valence-electron chi connectivity index (χ3n) is 4.64. The van der Waals surface area contributed by atoms with E-state index in [0.29, 0.717) is 22.9 Å². The summed E-state index contributed by atoms with van der Waals surface area (Å²) in [6.07, 6.45) is 3.84. The standard InChI is InChI=1S/C20H20N2O3S/c21-20(14-8-9-14)15-10-11-18(17(13-15)19-7-4-12-25-19)22-26(23,24)16-5-2-1-3-6-16/h1-7,10-14,20,22H,8-9,21H2. The van der Waals surface area contributed by atoms with E-state index in [4.69, 9.17) is 10.2 Å². The van der Waals surface area contributed by atoms with Crippen LogP contribution in [0.1, 0.15) is 24.4 Å². The Hall–Kier alpha value is -2.57. The smallest absolute Gasteiger partial charge is 0.261 e. The van der Waals surface area contributed by atoms with Crippen LogP contribution in [0, 0.1) is 5.92 Å². The molecule has 0 saturated heterocycles. The van der Waals surface area contributed by atoms with Crippen molar-refractivity contribution in [1.29, 1.82) is 0 Å². The zero-order valence-corrected chi connectivity index (χ0v) is 14.9. The van der Waals surface area contributed by atoms with Crippen molar-refractivity contribution in [2.45, 2.75) is 23.8 Å². The second kappa shape index (κ2) is 6.63. The van der Waals surface area contributed by atoms with Gasteiger partial charge in [-0.25, -0.2) is 8.42 Å². The van der Waals surface area contributed by atoms with Gasteiger partial charge in [-0.15, -0.1) is 0 Å². The highest BCUT2D eigenvalue weighted by molar-refractivity contribution is 7.92. The molecule has 134 valence electrons. The Kier molecular flexibility index (Phi) is 4.30. The topological polar surface area (TPSA) is 85.3 Å². The first-order valence-corrected chi connectivity index (χ1v) is 10.0. The van der Waals surface area contributed by atoms with E-state index < -0.39 is 10.0 Å². The molecule has 4 rings (SSSR count). The number of rotatable bonds is 6. The molecular weight excluding hydrogens is 348 g/mol. The summed E-state index contributed by atoms with van der Waals surface area (Å²) in [5.41, 5.74) is 8.46. The molecule has 1 aliphatic rings. The number of sulfonamides is 1. The molecule has 0 amide bonds. The van der Waals surface area contributed by atoms with Gasteiger partial charge in [-0.05, 0) is 60.7 Å². The van der Waals surface area contributed by atoms with Crippen molar-refractivity contribution < 1.29 is 12.8 Å². The summed E-state index contributed by atoms with van der Waals surface area (Å²) in [4.78, 5) is 0.212. The zero-order chi connectivity index (χ0) is 18.1. The predicted molar refractivity (Wildman–Crippen MR) is 101 cm³/mol. The number of anilines is 1. The number of hydrogen-bond donors (Lipinski definition) is 2. The van der Waals surface area contributed by atoms with Gasteiger partial charge in [0.1, 0.15) is 5.76 Å². The highest BCUT2D eigenvalue weighted by Crippen LogP contribution is 2.41. The van der Waals surface area contributed by atoms with E-state index in [1.54, 1.807) is 48.7 Å². The van der Waals surface area contributed by atoms with E-state index in [9.17, 15) is 8.42 Å². The van der Waals surface area contributed by atoms with E-state index in [-0.39, 0.29) is 10.9 Å². The summed E-state index contributed by atoms with van der Waals surface area (Å²) in [5.74, 6) is 1.10. The summed E-state index contributed by atoms with van der Waals surface area (Å²) in [5, 5.41) is 0. The van der Waals surface area contributed by atoms with Crippen molar-refractivity contribution in [3.05, 3.63) is 72.5 Å². The van der Waals surface area contributed by atoms with Crippen LogP contribution >= 0.6 is 0 Å². The van der Waals surface area contributed by atoms with Gasteiger partial charge in [-0.1, -0.05) is 24.3 Å². The fraction of sp³-hybridized carbons (Fsp3) is 0.200. The molecule has 0 aliphatic heterocycles. The van der Waals surface area contributed by atoms with Crippen molar-refractivity contribution in [3.8, 4) is 11.3 Å². The van der Waals surface area contributed by atoms with Crippen molar-refractivity contribution in [2.24, 2.45) is 11.7 Å². The van der Waals surface area contributed by atoms with Gasteiger partial charge in [0.05, 0.1) is 16.8 Å². The van der Waals surface area contributed by atoms with Crippen molar-refractivity contribution >= 4 is 15.7 Å². The van der Waals surface area contributed by atoms with E-state index in [2.05, 4.69) is 4.72 Å². The Labute approximate surface area is 152 Å².